The van der Waals surface area contributed by atoms with Gasteiger partial charge in [-0.1, -0.05) is 0 Å². The summed E-state index contributed by atoms with van der Waals surface area (Å²) in [5.74, 6) is 1.30. The maximum atomic E-state index is 5.68. The van der Waals surface area contributed by atoms with Crippen LogP contribution >= 0.6 is 0 Å². The molecular formula is C12H19N3O. The molecule has 1 aliphatic rings. The third-order valence-corrected chi connectivity index (χ3v) is 3.15. The van der Waals surface area contributed by atoms with E-state index in [9.17, 15) is 0 Å². The lowest BCUT2D eigenvalue weighted by Gasteiger charge is -2.33. The Morgan fingerprint density at radius 3 is 2.88 bits per heavy atom. The average Bonchev–Trinajstić information content (AvgIpc) is 2.30. The van der Waals surface area contributed by atoms with Gasteiger partial charge in [0.25, 0.3) is 0 Å². The van der Waals surface area contributed by atoms with E-state index in [2.05, 4.69) is 9.88 Å². The zero-order valence-corrected chi connectivity index (χ0v) is 9.72. The Hall–Kier alpha value is -1.29. The molecule has 2 heterocycles. The molecular weight excluding hydrogens is 202 g/mol. The summed E-state index contributed by atoms with van der Waals surface area (Å²) in [6.45, 7) is 3.04. The molecule has 0 atom stereocenters. The molecule has 1 saturated heterocycles. The number of nitrogens with two attached hydrogens (primary N) is 1. The first kappa shape index (κ1) is 11.2. The van der Waals surface area contributed by atoms with Gasteiger partial charge in [0.1, 0.15) is 5.82 Å². The zero-order valence-electron chi connectivity index (χ0n) is 9.72. The Labute approximate surface area is 96.4 Å². The first-order valence-corrected chi connectivity index (χ1v) is 5.75. The van der Waals surface area contributed by atoms with Crippen molar-refractivity contribution in [2.24, 2.45) is 5.92 Å². The number of piperidine rings is 1. The Kier molecular flexibility index (Phi) is 3.62. The van der Waals surface area contributed by atoms with Gasteiger partial charge in [-0.05, 0) is 24.8 Å². The van der Waals surface area contributed by atoms with Crippen molar-refractivity contribution < 1.29 is 4.74 Å². The number of nitrogens with zero attached hydrogens (tertiary/aromatic N) is 2. The minimum Gasteiger partial charge on any atom is -0.384 e. The molecule has 0 radical (unpaired) electrons. The smallest absolute Gasteiger partial charge is 0.125 e. The molecule has 2 rings (SSSR count). The van der Waals surface area contributed by atoms with Gasteiger partial charge in [0.05, 0.1) is 0 Å². The number of nitrogen functional groups attached to an aromatic ring is 1. The molecule has 1 fully saturated rings. The summed E-state index contributed by atoms with van der Waals surface area (Å²) in [6, 6.07) is 3.96. The topological polar surface area (TPSA) is 51.4 Å². The van der Waals surface area contributed by atoms with Crippen LogP contribution in [0.15, 0.2) is 18.3 Å². The summed E-state index contributed by atoms with van der Waals surface area (Å²) >= 11 is 0. The lowest BCUT2D eigenvalue weighted by molar-refractivity contribution is 0.139. The molecule has 0 saturated carbocycles. The van der Waals surface area contributed by atoms with Gasteiger partial charge < -0.3 is 15.4 Å². The van der Waals surface area contributed by atoms with Crippen LogP contribution in [0, 0.1) is 5.92 Å². The quantitative estimate of drug-likeness (QED) is 0.841. The summed E-state index contributed by atoms with van der Waals surface area (Å²) < 4.78 is 5.19. The second kappa shape index (κ2) is 5.16. The molecule has 0 amide bonds. The first-order valence-electron chi connectivity index (χ1n) is 5.75. The fraction of sp³-hybridized carbons (Fsp3) is 0.583. The van der Waals surface area contributed by atoms with Gasteiger partial charge in [-0.2, -0.15) is 0 Å². The number of ether oxygens (including phenoxy) is 1. The van der Waals surface area contributed by atoms with Crippen LogP contribution in [0.5, 0.6) is 0 Å². The van der Waals surface area contributed by atoms with E-state index < -0.39 is 0 Å². The lowest BCUT2D eigenvalue weighted by atomic mass is 9.97. The van der Waals surface area contributed by atoms with Gasteiger partial charge >= 0.3 is 0 Å². The van der Waals surface area contributed by atoms with Gasteiger partial charge in [0.15, 0.2) is 0 Å². The number of methoxy groups -OCH3 is 1. The van der Waals surface area contributed by atoms with Gasteiger partial charge in [0.2, 0.25) is 0 Å². The van der Waals surface area contributed by atoms with Crippen LogP contribution in [0.4, 0.5) is 11.5 Å². The third kappa shape index (κ3) is 2.64. The number of hydrogen-bond acceptors (Lipinski definition) is 4. The van der Waals surface area contributed by atoms with Crippen molar-refractivity contribution in [3.05, 3.63) is 18.3 Å². The van der Waals surface area contributed by atoms with E-state index in [0.717, 1.165) is 19.7 Å². The summed E-state index contributed by atoms with van der Waals surface area (Å²) in [6.07, 6.45) is 4.15. The minimum atomic E-state index is 0.594. The molecule has 88 valence electrons. The predicted octanol–water partition coefficient (Wildman–Crippen LogP) is 1.53. The fourth-order valence-corrected chi connectivity index (χ4v) is 2.23. The molecule has 1 aromatic heterocycles. The van der Waals surface area contributed by atoms with E-state index in [1.54, 1.807) is 13.3 Å². The molecule has 1 aromatic rings. The van der Waals surface area contributed by atoms with Crippen molar-refractivity contribution in [2.75, 3.05) is 37.4 Å². The van der Waals surface area contributed by atoms with E-state index >= 15 is 0 Å². The molecule has 1 aliphatic heterocycles. The van der Waals surface area contributed by atoms with E-state index in [-0.39, 0.29) is 0 Å². The van der Waals surface area contributed by atoms with Gasteiger partial charge in [0, 0.05) is 44.8 Å². The Bertz CT molecular complexity index is 335. The third-order valence-electron chi connectivity index (χ3n) is 3.15. The van der Waals surface area contributed by atoms with Crippen molar-refractivity contribution in [1.82, 2.24) is 4.98 Å². The van der Waals surface area contributed by atoms with Gasteiger partial charge in [-0.25, -0.2) is 4.98 Å². The van der Waals surface area contributed by atoms with E-state index in [0.29, 0.717) is 11.7 Å². The summed E-state index contributed by atoms with van der Waals surface area (Å²) in [5.41, 5.74) is 6.87. The second-order valence-electron chi connectivity index (χ2n) is 4.32. The highest BCUT2D eigenvalue weighted by Crippen LogP contribution is 2.23. The van der Waals surface area contributed by atoms with Crippen molar-refractivity contribution in [2.45, 2.75) is 12.8 Å². The standard InChI is InChI=1S/C12H19N3O/c1-16-9-10-3-6-15(7-4-10)11-2-5-14-12(13)8-11/h2,5,8,10H,3-4,6-7,9H2,1H3,(H2,13,14). The van der Waals surface area contributed by atoms with Crippen molar-refractivity contribution in [3.63, 3.8) is 0 Å². The molecule has 0 bridgehead atoms. The largest absolute Gasteiger partial charge is 0.384 e. The number of rotatable bonds is 3. The normalized spacial score (nSPS) is 17.7. The van der Waals surface area contributed by atoms with Crippen LogP contribution in [0.1, 0.15) is 12.8 Å². The van der Waals surface area contributed by atoms with Crippen LogP contribution in [0.2, 0.25) is 0 Å². The maximum absolute atomic E-state index is 5.68. The molecule has 0 aliphatic carbocycles. The molecule has 16 heavy (non-hydrogen) atoms. The monoisotopic (exact) mass is 221 g/mol. The van der Waals surface area contributed by atoms with Crippen LogP contribution in [-0.4, -0.2) is 31.8 Å². The zero-order chi connectivity index (χ0) is 11.4. The number of pyridine rings is 1. The second-order valence-corrected chi connectivity index (χ2v) is 4.32. The van der Waals surface area contributed by atoms with E-state index in [1.807, 2.05) is 12.1 Å². The minimum absolute atomic E-state index is 0.594. The molecule has 4 heteroatoms. The first-order chi connectivity index (χ1) is 7.79. The van der Waals surface area contributed by atoms with Gasteiger partial charge in [-0.15, -0.1) is 0 Å². The maximum Gasteiger partial charge on any atom is 0.125 e. The van der Waals surface area contributed by atoms with Gasteiger partial charge in [-0.3, -0.25) is 0 Å². The fourth-order valence-electron chi connectivity index (χ4n) is 2.23. The molecule has 2 N–H and O–H groups in total. The molecule has 4 nitrogen and oxygen atoms in total. The highest BCUT2D eigenvalue weighted by molar-refractivity contribution is 5.52. The van der Waals surface area contributed by atoms with Crippen molar-refractivity contribution in [1.29, 1.82) is 0 Å². The summed E-state index contributed by atoms with van der Waals surface area (Å²) in [7, 11) is 1.77. The Balaban J connectivity index is 1.94. The number of aromatic nitrogens is 1. The molecule has 0 spiro atoms. The number of anilines is 2. The summed E-state index contributed by atoms with van der Waals surface area (Å²) in [4.78, 5) is 6.38. The highest BCUT2D eigenvalue weighted by atomic mass is 16.5. The van der Waals surface area contributed by atoms with Crippen molar-refractivity contribution in [3.8, 4) is 0 Å². The predicted molar refractivity (Wildman–Crippen MR) is 65.5 cm³/mol. The van der Waals surface area contributed by atoms with Crippen LogP contribution < -0.4 is 10.6 Å². The Morgan fingerprint density at radius 1 is 1.50 bits per heavy atom. The van der Waals surface area contributed by atoms with E-state index in [4.69, 9.17) is 10.5 Å². The highest BCUT2D eigenvalue weighted by Gasteiger charge is 2.19. The van der Waals surface area contributed by atoms with E-state index in [1.165, 1.54) is 18.5 Å². The number of hydrogen-bond donors (Lipinski definition) is 1. The lowest BCUT2D eigenvalue weighted by Crippen LogP contribution is -2.35. The summed E-state index contributed by atoms with van der Waals surface area (Å²) in [5, 5.41) is 0. The van der Waals surface area contributed by atoms with Crippen LogP contribution in [-0.2, 0) is 4.74 Å². The van der Waals surface area contributed by atoms with Crippen molar-refractivity contribution >= 4 is 11.5 Å². The Morgan fingerprint density at radius 2 is 2.25 bits per heavy atom. The molecule has 0 unspecified atom stereocenters. The van der Waals surface area contributed by atoms with Crippen LogP contribution in [0.3, 0.4) is 0 Å². The average molecular weight is 221 g/mol. The van der Waals surface area contributed by atoms with Crippen LogP contribution in [0.25, 0.3) is 0 Å². The SMILES string of the molecule is COCC1CCN(c2ccnc(N)c2)CC1. The molecule has 0 aromatic carbocycles.